The third-order valence-corrected chi connectivity index (χ3v) is 7.72. The minimum absolute atomic E-state index is 0.0159. The molecule has 0 radical (unpaired) electrons. The first kappa shape index (κ1) is 23.3. The van der Waals surface area contributed by atoms with Crippen LogP contribution in [0.1, 0.15) is 76.9 Å². The summed E-state index contributed by atoms with van der Waals surface area (Å²) in [6.45, 7) is 0.733. The standard InChI is InChI=1S/C27H28N6O4/c28-25(35)22(4-2-10-34)32-26(36)19-8-7-17(13-20(19)27(32)37)30-14-15-11-18(12-15)33-21-3-1-9-29-24(21)23(31-33)16-5-6-16/h1,3,7-10,13,15-16,18,22,30H,2,4-6,11-12,14H2,(H2,28,35). The highest BCUT2D eigenvalue weighted by Crippen LogP contribution is 2.45. The van der Waals surface area contributed by atoms with E-state index in [1.807, 2.05) is 12.3 Å². The predicted molar refractivity (Wildman–Crippen MR) is 135 cm³/mol. The van der Waals surface area contributed by atoms with Crippen LogP contribution < -0.4 is 11.1 Å². The molecule has 2 aromatic heterocycles. The number of nitrogens with zero attached hydrogens (tertiary/aromatic N) is 4. The highest BCUT2D eigenvalue weighted by Gasteiger charge is 2.42. The summed E-state index contributed by atoms with van der Waals surface area (Å²) in [6, 6.07) is 8.28. The van der Waals surface area contributed by atoms with Gasteiger partial charge in [0, 0.05) is 30.8 Å². The molecule has 1 unspecified atom stereocenters. The fraction of sp³-hybridized carbons (Fsp3) is 0.407. The van der Waals surface area contributed by atoms with Crippen LogP contribution in [0, 0.1) is 5.92 Å². The summed E-state index contributed by atoms with van der Waals surface area (Å²) in [6.07, 6.45) is 6.89. The zero-order valence-corrected chi connectivity index (χ0v) is 20.3. The molecular weight excluding hydrogens is 472 g/mol. The van der Waals surface area contributed by atoms with Crippen molar-refractivity contribution in [1.82, 2.24) is 19.7 Å². The van der Waals surface area contributed by atoms with Gasteiger partial charge < -0.3 is 15.8 Å². The second kappa shape index (κ2) is 9.10. The normalized spacial score (nSPS) is 21.6. The van der Waals surface area contributed by atoms with Crippen LogP contribution in [0.25, 0.3) is 11.0 Å². The van der Waals surface area contributed by atoms with E-state index < -0.39 is 23.8 Å². The Hall–Kier alpha value is -4.08. The second-order valence-electron chi connectivity index (χ2n) is 10.3. The van der Waals surface area contributed by atoms with Crippen molar-refractivity contribution in [3.8, 4) is 0 Å². The van der Waals surface area contributed by atoms with E-state index >= 15 is 0 Å². The maximum Gasteiger partial charge on any atom is 0.262 e. The smallest absolute Gasteiger partial charge is 0.262 e. The van der Waals surface area contributed by atoms with Gasteiger partial charge >= 0.3 is 0 Å². The van der Waals surface area contributed by atoms with Gasteiger partial charge in [-0.2, -0.15) is 5.10 Å². The third kappa shape index (κ3) is 4.06. The molecule has 0 saturated heterocycles. The number of nitrogens with two attached hydrogens (primary N) is 1. The fourth-order valence-electron chi connectivity index (χ4n) is 5.51. The van der Waals surface area contributed by atoms with Crippen LogP contribution in [0.5, 0.6) is 0 Å². The van der Waals surface area contributed by atoms with Gasteiger partial charge in [0.15, 0.2) is 0 Å². The van der Waals surface area contributed by atoms with Gasteiger partial charge in [0.2, 0.25) is 5.91 Å². The number of rotatable bonds is 10. The van der Waals surface area contributed by atoms with Crippen molar-refractivity contribution in [3.05, 3.63) is 53.3 Å². The third-order valence-electron chi connectivity index (χ3n) is 7.72. The lowest BCUT2D eigenvalue weighted by Gasteiger charge is -2.36. The van der Waals surface area contributed by atoms with E-state index in [1.165, 1.54) is 12.8 Å². The molecule has 2 saturated carbocycles. The molecule has 2 aliphatic carbocycles. The van der Waals surface area contributed by atoms with Crippen LogP contribution in [0.3, 0.4) is 0 Å². The first-order valence-corrected chi connectivity index (χ1v) is 12.8. The Labute approximate surface area is 213 Å². The van der Waals surface area contributed by atoms with Crippen molar-refractivity contribution < 1.29 is 19.2 Å². The molecule has 1 aliphatic heterocycles. The minimum atomic E-state index is -1.14. The van der Waals surface area contributed by atoms with E-state index in [9.17, 15) is 19.2 Å². The molecule has 3 amide bonds. The largest absolute Gasteiger partial charge is 0.385 e. The molecule has 1 atom stereocenters. The van der Waals surface area contributed by atoms with Gasteiger partial charge in [-0.1, -0.05) is 0 Å². The van der Waals surface area contributed by atoms with Crippen molar-refractivity contribution in [3.63, 3.8) is 0 Å². The lowest BCUT2D eigenvalue weighted by Crippen LogP contribution is -2.47. The maximum atomic E-state index is 13.0. The number of benzene rings is 1. The van der Waals surface area contributed by atoms with Gasteiger partial charge in [-0.3, -0.25) is 28.9 Å². The first-order chi connectivity index (χ1) is 18.0. The Bertz CT molecular complexity index is 1420. The Morgan fingerprint density at radius 1 is 1.16 bits per heavy atom. The van der Waals surface area contributed by atoms with Crippen LogP contribution in [0.15, 0.2) is 36.5 Å². The van der Waals surface area contributed by atoms with Crippen LogP contribution in [0.2, 0.25) is 0 Å². The lowest BCUT2D eigenvalue weighted by atomic mass is 9.80. The van der Waals surface area contributed by atoms with E-state index in [4.69, 9.17) is 10.8 Å². The number of primary amides is 1. The van der Waals surface area contributed by atoms with Gasteiger partial charge in [-0.05, 0) is 68.4 Å². The summed E-state index contributed by atoms with van der Waals surface area (Å²) in [5, 5.41) is 8.33. The number of nitrogens with one attached hydrogen (secondary N) is 1. The number of imide groups is 1. The molecular formula is C27H28N6O4. The molecule has 0 spiro atoms. The van der Waals surface area contributed by atoms with Gasteiger partial charge in [-0.25, -0.2) is 0 Å². The van der Waals surface area contributed by atoms with Gasteiger partial charge in [-0.15, -0.1) is 0 Å². The van der Waals surface area contributed by atoms with Crippen molar-refractivity contribution in [2.75, 3.05) is 11.9 Å². The van der Waals surface area contributed by atoms with Crippen molar-refractivity contribution in [2.24, 2.45) is 11.7 Å². The maximum absolute atomic E-state index is 13.0. The number of hydrogen-bond donors (Lipinski definition) is 2. The number of pyridine rings is 1. The average molecular weight is 501 g/mol. The molecule has 10 heteroatoms. The summed E-state index contributed by atoms with van der Waals surface area (Å²) in [5.41, 5.74) is 9.91. The molecule has 10 nitrogen and oxygen atoms in total. The monoisotopic (exact) mass is 500 g/mol. The quantitative estimate of drug-likeness (QED) is 0.322. The van der Waals surface area contributed by atoms with E-state index in [1.54, 1.807) is 18.2 Å². The molecule has 3 aromatic rings. The van der Waals surface area contributed by atoms with E-state index in [-0.39, 0.29) is 24.0 Å². The number of fused-ring (bicyclic) bond motifs is 2. The van der Waals surface area contributed by atoms with Crippen molar-refractivity contribution >= 4 is 40.7 Å². The Morgan fingerprint density at radius 2 is 1.95 bits per heavy atom. The Balaban J connectivity index is 1.10. The van der Waals surface area contributed by atoms with E-state index in [0.717, 1.165) is 46.7 Å². The Kier molecular flexibility index (Phi) is 5.73. The van der Waals surface area contributed by atoms with Crippen molar-refractivity contribution in [2.45, 2.75) is 56.5 Å². The molecule has 3 N–H and O–H groups in total. The topological polar surface area (TPSA) is 140 Å². The molecule has 3 aliphatic rings. The zero-order valence-electron chi connectivity index (χ0n) is 20.3. The van der Waals surface area contributed by atoms with Crippen LogP contribution >= 0.6 is 0 Å². The molecule has 190 valence electrons. The van der Waals surface area contributed by atoms with Gasteiger partial charge in [0.1, 0.15) is 17.8 Å². The second-order valence-corrected chi connectivity index (χ2v) is 10.3. The van der Waals surface area contributed by atoms with Gasteiger partial charge in [0.05, 0.1) is 28.4 Å². The number of carbonyl (C=O) groups is 4. The average Bonchev–Trinajstić information content (AvgIpc) is 3.61. The van der Waals surface area contributed by atoms with Gasteiger partial charge in [0.25, 0.3) is 11.8 Å². The Morgan fingerprint density at radius 3 is 2.68 bits per heavy atom. The highest BCUT2D eigenvalue weighted by molar-refractivity contribution is 6.23. The molecule has 2 fully saturated rings. The zero-order chi connectivity index (χ0) is 25.7. The summed E-state index contributed by atoms with van der Waals surface area (Å²) in [7, 11) is 0. The number of carbonyl (C=O) groups excluding carboxylic acids is 4. The van der Waals surface area contributed by atoms with E-state index in [0.29, 0.717) is 24.2 Å². The summed E-state index contributed by atoms with van der Waals surface area (Å²) in [4.78, 5) is 54.0. The first-order valence-electron chi connectivity index (χ1n) is 12.8. The lowest BCUT2D eigenvalue weighted by molar-refractivity contribution is -0.122. The van der Waals surface area contributed by atoms with Crippen LogP contribution in [-0.2, 0) is 9.59 Å². The summed E-state index contributed by atoms with van der Waals surface area (Å²) >= 11 is 0. The summed E-state index contributed by atoms with van der Waals surface area (Å²) in [5.74, 6) is -0.929. The fourth-order valence-corrected chi connectivity index (χ4v) is 5.51. The van der Waals surface area contributed by atoms with Crippen molar-refractivity contribution in [1.29, 1.82) is 0 Å². The number of aromatic nitrogens is 3. The molecule has 6 rings (SSSR count). The number of anilines is 1. The van der Waals surface area contributed by atoms with Crippen LogP contribution in [0.4, 0.5) is 5.69 Å². The SMILES string of the molecule is NC(=O)C(CCC=O)N1C(=O)c2ccc(NCC3CC(n4nc(C5CC5)c5ncccc54)C3)cc2C1=O. The van der Waals surface area contributed by atoms with E-state index in [2.05, 4.69) is 21.0 Å². The van der Waals surface area contributed by atoms with Crippen LogP contribution in [-0.4, -0.2) is 56.3 Å². The molecule has 0 bridgehead atoms. The summed E-state index contributed by atoms with van der Waals surface area (Å²) < 4.78 is 2.15. The molecule has 3 heterocycles. The number of aldehydes is 1. The highest BCUT2D eigenvalue weighted by atomic mass is 16.2. The number of amides is 3. The number of hydrogen-bond acceptors (Lipinski definition) is 7. The predicted octanol–water partition coefficient (Wildman–Crippen LogP) is 2.80. The minimum Gasteiger partial charge on any atom is -0.385 e. The molecule has 1 aromatic carbocycles. The molecule has 37 heavy (non-hydrogen) atoms.